The number of hydrogen-bond donors (Lipinski definition) is 2. The van der Waals surface area contributed by atoms with Gasteiger partial charge in [-0.15, -0.1) is 0 Å². The molecule has 2 aromatic carbocycles. The molecule has 2 rings (SSSR count). The second-order valence-corrected chi connectivity index (χ2v) is 6.40. The molecule has 4 heteroatoms. The van der Waals surface area contributed by atoms with Gasteiger partial charge in [0.1, 0.15) is 5.82 Å². The molecule has 1 atom stereocenters. The first-order valence-corrected chi connectivity index (χ1v) is 8.25. The van der Waals surface area contributed by atoms with E-state index < -0.39 is 0 Å². The number of hydrogen-bond acceptors (Lipinski definition) is 1. The highest BCUT2D eigenvalue weighted by Gasteiger charge is 2.08. The lowest BCUT2D eigenvalue weighted by molar-refractivity contribution is 0.626. The van der Waals surface area contributed by atoms with E-state index in [1.807, 2.05) is 0 Å². The summed E-state index contributed by atoms with van der Waals surface area (Å²) in [5.74, 6) is 0.304. The summed E-state index contributed by atoms with van der Waals surface area (Å²) in [7, 11) is 0. The lowest BCUT2D eigenvalue weighted by atomic mass is 10.00. The molecule has 0 aliphatic heterocycles. The summed E-state index contributed by atoms with van der Waals surface area (Å²) < 4.78 is 12.9. The van der Waals surface area contributed by atoms with Gasteiger partial charge >= 0.3 is 0 Å². The Hall–Kier alpha value is -1.94. The number of rotatable bonds is 5. The van der Waals surface area contributed by atoms with Crippen LogP contribution in [-0.2, 0) is 6.54 Å². The molecule has 0 unspecified atom stereocenters. The molecule has 0 bridgehead atoms. The van der Waals surface area contributed by atoms with Crippen molar-refractivity contribution in [2.24, 2.45) is 0 Å². The van der Waals surface area contributed by atoms with Gasteiger partial charge < -0.3 is 10.6 Å². The number of halogens is 1. The van der Waals surface area contributed by atoms with Crippen LogP contribution in [-0.4, -0.2) is 5.11 Å². The molecule has 2 nitrogen and oxygen atoms in total. The second kappa shape index (κ2) is 8.06. The Bertz CT molecular complexity index is 635. The Morgan fingerprint density at radius 2 is 1.52 bits per heavy atom. The van der Waals surface area contributed by atoms with Crippen molar-refractivity contribution < 1.29 is 4.39 Å². The average Bonchev–Trinajstić information content (AvgIpc) is 2.54. The lowest BCUT2D eigenvalue weighted by Crippen LogP contribution is -2.36. The summed E-state index contributed by atoms with van der Waals surface area (Å²) >= 11 is 5.33. The molecule has 0 heterocycles. The molecule has 0 spiro atoms. The van der Waals surface area contributed by atoms with Crippen LogP contribution in [0.1, 0.15) is 49.4 Å². The van der Waals surface area contributed by atoms with Crippen LogP contribution in [0.25, 0.3) is 0 Å². The van der Waals surface area contributed by atoms with E-state index in [2.05, 4.69) is 55.7 Å². The Morgan fingerprint density at radius 3 is 2.09 bits per heavy atom. The Morgan fingerprint density at radius 1 is 0.957 bits per heavy atom. The smallest absolute Gasteiger partial charge is 0.167 e. The van der Waals surface area contributed by atoms with Crippen LogP contribution in [0.5, 0.6) is 0 Å². The van der Waals surface area contributed by atoms with Gasteiger partial charge in [0.2, 0.25) is 0 Å². The molecular formula is C19H23FN2S. The summed E-state index contributed by atoms with van der Waals surface area (Å²) in [4.78, 5) is 0. The van der Waals surface area contributed by atoms with E-state index in [9.17, 15) is 4.39 Å². The van der Waals surface area contributed by atoms with Gasteiger partial charge in [-0.05, 0) is 53.9 Å². The van der Waals surface area contributed by atoms with Gasteiger partial charge in [-0.2, -0.15) is 0 Å². The molecule has 0 aliphatic rings. The first kappa shape index (κ1) is 17.4. The van der Waals surface area contributed by atoms with Crippen molar-refractivity contribution in [1.82, 2.24) is 10.6 Å². The molecule has 23 heavy (non-hydrogen) atoms. The summed E-state index contributed by atoms with van der Waals surface area (Å²) in [6, 6.07) is 15.1. The third kappa shape index (κ3) is 5.32. The van der Waals surface area contributed by atoms with E-state index in [1.165, 1.54) is 23.3 Å². The Labute approximate surface area is 143 Å². The molecule has 0 saturated carbocycles. The van der Waals surface area contributed by atoms with E-state index in [0.717, 1.165) is 5.56 Å². The highest BCUT2D eigenvalue weighted by atomic mass is 32.1. The van der Waals surface area contributed by atoms with E-state index >= 15 is 0 Å². The number of nitrogens with one attached hydrogen (secondary N) is 2. The fourth-order valence-electron chi connectivity index (χ4n) is 2.29. The van der Waals surface area contributed by atoms with Crippen molar-refractivity contribution in [1.29, 1.82) is 0 Å². The quantitative estimate of drug-likeness (QED) is 0.779. The highest BCUT2D eigenvalue weighted by Crippen LogP contribution is 2.18. The van der Waals surface area contributed by atoms with Crippen molar-refractivity contribution in [3.8, 4) is 0 Å². The SMILES string of the molecule is CC(C)c1ccc([C@@H](C)NC(=S)NCc2ccc(F)cc2)cc1. The molecule has 2 N–H and O–H groups in total. The van der Waals surface area contributed by atoms with Crippen molar-refractivity contribution in [2.75, 3.05) is 0 Å². The van der Waals surface area contributed by atoms with Gasteiger partial charge in [0.25, 0.3) is 0 Å². The normalized spacial score (nSPS) is 12.0. The summed E-state index contributed by atoms with van der Waals surface area (Å²) in [5, 5.41) is 7.01. The molecule has 122 valence electrons. The minimum Gasteiger partial charge on any atom is -0.359 e. The third-order valence-corrected chi connectivity index (χ3v) is 4.08. The topological polar surface area (TPSA) is 24.1 Å². The summed E-state index contributed by atoms with van der Waals surface area (Å²) in [6.07, 6.45) is 0. The zero-order valence-corrected chi connectivity index (χ0v) is 14.6. The summed E-state index contributed by atoms with van der Waals surface area (Å²) in [6.45, 7) is 7.03. The van der Waals surface area contributed by atoms with Gasteiger partial charge in [-0.3, -0.25) is 0 Å². The molecule has 0 amide bonds. The van der Waals surface area contributed by atoms with Crippen LogP contribution in [0.2, 0.25) is 0 Å². The first-order valence-electron chi connectivity index (χ1n) is 7.84. The van der Waals surface area contributed by atoms with Crippen LogP contribution in [0.15, 0.2) is 48.5 Å². The third-order valence-electron chi connectivity index (χ3n) is 3.82. The van der Waals surface area contributed by atoms with Gasteiger partial charge in [-0.1, -0.05) is 50.2 Å². The fourth-order valence-corrected chi connectivity index (χ4v) is 2.53. The number of benzene rings is 2. The zero-order chi connectivity index (χ0) is 16.8. The lowest BCUT2D eigenvalue weighted by Gasteiger charge is -2.18. The van der Waals surface area contributed by atoms with Gasteiger partial charge in [0.05, 0.1) is 6.04 Å². The highest BCUT2D eigenvalue weighted by molar-refractivity contribution is 7.80. The molecule has 0 saturated heterocycles. The molecule has 2 aromatic rings. The number of thiocarbonyl (C=S) groups is 1. The minimum atomic E-state index is -0.229. The largest absolute Gasteiger partial charge is 0.359 e. The average molecular weight is 330 g/mol. The standard InChI is InChI=1S/C19H23FN2S/c1-13(2)16-6-8-17(9-7-16)14(3)22-19(23)21-12-15-4-10-18(20)11-5-15/h4-11,13-14H,12H2,1-3H3,(H2,21,22,23)/t14-/m1/s1. The summed E-state index contributed by atoms with van der Waals surface area (Å²) in [5.41, 5.74) is 3.52. The Kier molecular flexibility index (Phi) is 6.11. The van der Waals surface area contributed by atoms with Crippen molar-refractivity contribution >= 4 is 17.3 Å². The van der Waals surface area contributed by atoms with E-state index in [0.29, 0.717) is 17.6 Å². The van der Waals surface area contributed by atoms with Gasteiger partial charge in [0, 0.05) is 6.54 Å². The molecule has 0 radical (unpaired) electrons. The van der Waals surface area contributed by atoms with Crippen LogP contribution in [0.4, 0.5) is 4.39 Å². The maximum absolute atomic E-state index is 12.9. The molecule has 0 aliphatic carbocycles. The van der Waals surface area contributed by atoms with Gasteiger partial charge in [0.15, 0.2) is 5.11 Å². The first-order chi connectivity index (χ1) is 11.0. The van der Waals surface area contributed by atoms with Crippen molar-refractivity contribution in [2.45, 2.75) is 39.3 Å². The van der Waals surface area contributed by atoms with E-state index in [4.69, 9.17) is 12.2 Å². The van der Waals surface area contributed by atoms with Crippen LogP contribution >= 0.6 is 12.2 Å². The second-order valence-electron chi connectivity index (χ2n) is 6.00. The van der Waals surface area contributed by atoms with E-state index in [-0.39, 0.29) is 11.9 Å². The zero-order valence-electron chi connectivity index (χ0n) is 13.8. The van der Waals surface area contributed by atoms with Gasteiger partial charge in [-0.25, -0.2) is 4.39 Å². The molecular weight excluding hydrogens is 307 g/mol. The molecule has 0 fully saturated rings. The monoisotopic (exact) mass is 330 g/mol. The fraction of sp³-hybridized carbons (Fsp3) is 0.316. The van der Waals surface area contributed by atoms with Crippen LogP contribution < -0.4 is 10.6 Å². The predicted molar refractivity (Wildman–Crippen MR) is 97.9 cm³/mol. The minimum absolute atomic E-state index is 0.129. The van der Waals surface area contributed by atoms with Crippen molar-refractivity contribution in [3.63, 3.8) is 0 Å². The van der Waals surface area contributed by atoms with Crippen molar-refractivity contribution in [3.05, 3.63) is 71.0 Å². The maximum atomic E-state index is 12.9. The molecule has 0 aromatic heterocycles. The maximum Gasteiger partial charge on any atom is 0.167 e. The van der Waals surface area contributed by atoms with Crippen LogP contribution in [0, 0.1) is 5.82 Å². The predicted octanol–water partition coefficient (Wildman–Crippen LogP) is 4.67. The van der Waals surface area contributed by atoms with E-state index in [1.54, 1.807) is 12.1 Å². The Balaban J connectivity index is 1.85. The van der Waals surface area contributed by atoms with Crippen LogP contribution in [0.3, 0.4) is 0 Å².